The summed E-state index contributed by atoms with van der Waals surface area (Å²) >= 11 is 0. The molecule has 0 unspecified atom stereocenters. The summed E-state index contributed by atoms with van der Waals surface area (Å²) in [7, 11) is 0. The van der Waals surface area contributed by atoms with Gasteiger partial charge in [0.25, 0.3) is 0 Å². The van der Waals surface area contributed by atoms with E-state index in [4.69, 9.17) is 4.98 Å². The van der Waals surface area contributed by atoms with E-state index >= 15 is 0 Å². The number of hydrogen-bond donors (Lipinski definition) is 1. The van der Waals surface area contributed by atoms with Crippen LogP contribution in [-0.4, -0.2) is 65.7 Å². The average molecular weight is 491 g/mol. The molecule has 0 saturated carbocycles. The van der Waals surface area contributed by atoms with Crippen molar-refractivity contribution in [1.29, 1.82) is 0 Å². The minimum Gasteiger partial charge on any atom is -0.324 e. The Morgan fingerprint density at radius 1 is 1.08 bits per heavy atom. The lowest BCUT2D eigenvalue weighted by Gasteiger charge is -2.33. The van der Waals surface area contributed by atoms with E-state index < -0.39 is 17.9 Å². The van der Waals surface area contributed by atoms with Gasteiger partial charge in [-0.25, -0.2) is 33.7 Å². The maximum atomic E-state index is 14.1. The topological polar surface area (TPSA) is 102 Å². The highest BCUT2D eigenvalue weighted by Gasteiger charge is 2.52. The number of nitrogens with zero attached hydrogens (tertiary/aromatic N) is 7. The highest BCUT2D eigenvalue weighted by Crippen LogP contribution is 2.44. The number of fused-ring (bicyclic) bond motifs is 2. The monoisotopic (exact) mass is 490 g/mol. The molecule has 36 heavy (non-hydrogen) atoms. The maximum absolute atomic E-state index is 14.1. The minimum atomic E-state index is -1.62. The van der Waals surface area contributed by atoms with E-state index in [1.807, 2.05) is 30.5 Å². The van der Waals surface area contributed by atoms with E-state index in [9.17, 15) is 13.6 Å². The fraction of sp³-hybridized carbons (Fsp3) is 0.360. The third-order valence-corrected chi connectivity index (χ3v) is 7.21. The number of alkyl halides is 2. The lowest BCUT2D eigenvalue weighted by molar-refractivity contribution is -0.126. The lowest BCUT2D eigenvalue weighted by Crippen LogP contribution is -2.48. The Labute approximate surface area is 205 Å². The molecule has 3 aromatic heterocycles. The summed E-state index contributed by atoms with van der Waals surface area (Å²) in [4.78, 5) is 37.1. The Bertz CT molecular complexity index is 1490. The number of hydrogen-bond acceptors (Lipinski definition) is 7. The van der Waals surface area contributed by atoms with Gasteiger partial charge < -0.3 is 9.88 Å². The minimum absolute atomic E-state index is 0.143. The van der Waals surface area contributed by atoms with Crippen LogP contribution in [0.4, 0.5) is 14.5 Å². The van der Waals surface area contributed by atoms with E-state index in [2.05, 4.69) is 25.3 Å². The molecule has 1 N–H and O–H groups in total. The quantitative estimate of drug-likeness (QED) is 0.468. The van der Waals surface area contributed by atoms with Gasteiger partial charge >= 0.3 is 0 Å². The second-order valence-electron chi connectivity index (χ2n) is 9.32. The Morgan fingerprint density at radius 2 is 1.81 bits per heavy atom. The molecule has 11 heteroatoms. The third kappa shape index (κ3) is 3.22. The zero-order chi connectivity index (χ0) is 25.2. The number of anilines is 1. The first-order valence-electron chi connectivity index (χ1n) is 11.8. The van der Waals surface area contributed by atoms with Crippen LogP contribution in [0.15, 0.2) is 36.9 Å². The predicted molar refractivity (Wildman–Crippen MR) is 130 cm³/mol. The third-order valence-electron chi connectivity index (χ3n) is 7.21. The summed E-state index contributed by atoms with van der Waals surface area (Å²) in [5.74, 6) is 1.04. The molecule has 184 valence electrons. The number of nitrogens with one attached hydrogen (secondary N) is 1. The molecule has 1 fully saturated rings. The van der Waals surface area contributed by atoms with Gasteiger partial charge in [-0.05, 0) is 32.9 Å². The van der Waals surface area contributed by atoms with E-state index in [0.717, 1.165) is 11.1 Å². The van der Waals surface area contributed by atoms with E-state index in [0.29, 0.717) is 46.3 Å². The molecule has 0 bridgehead atoms. The summed E-state index contributed by atoms with van der Waals surface area (Å²) in [6.45, 7) is 5.87. The molecule has 2 aliphatic rings. The zero-order valence-corrected chi connectivity index (χ0v) is 20.0. The van der Waals surface area contributed by atoms with Gasteiger partial charge in [0.05, 0.1) is 5.56 Å². The fourth-order valence-electron chi connectivity index (χ4n) is 5.15. The summed E-state index contributed by atoms with van der Waals surface area (Å²) in [6, 6.07) is 5.50. The van der Waals surface area contributed by atoms with Gasteiger partial charge in [0, 0.05) is 48.8 Å². The van der Waals surface area contributed by atoms with Crippen molar-refractivity contribution in [2.45, 2.75) is 45.2 Å². The van der Waals surface area contributed by atoms with Crippen molar-refractivity contribution in [3.05, 3.63) is 48.3 Å². The largest absolute Gasteiger partial charge is 0.324 e. The van der Waals surface area contributed by atoms with Crippen LogP contribution in [0.25, 0.3) is 33.8 Å². The van der Waals surface area contributed by atoms with E-state index in [1.54, 1.807) is 30.3 Å². The number of amides is 1. The van der Waals surface area contributed by atoms with Crippen molar-refractivity contribution >= 4 is 22.8 Å². The number of carbonyl (C=O) groups excluding carboxylic acids is 1. The number of benzene rings is 1. The molecule has 2 aliphatic heterocycles. The molecule has 5 heterocycles. The van der Waals surface area contributed by atoms with E-state index in [1.165, 1.54) is 6.33 Å². The van der Waals surface area contributed by atoms with Gasteiger partial charge in [0.2, 0.25) is 5.91 Å². The van der Waals surface area contributed by atoms with Crippen molar-refractivity contribution in [3.63, 3.8) is 0 Å². The molecule has 0 spiro atoms. The van der Waals surface area contributed by atoms with Crippen LogP contribution in [-0.2, 0) is 16.9 Å². The molecule has 3 atom stereocenters. The molecule has 6 rings (SSSR count). The number of likely N-dealkylation sites (tertiary alicyclic amines) is 1. The Balaban J connectivity index is 1.49. The highest BCUT2D eigenvalue weighted by atomic mass is 19.2. The van der Waals surface area contributed by atoms with Crippen LogP contribution in [0, 0.1) is 6.92 Å². The van der Waals surface area contributed by atoms with Gasteiger partial charge in [-0.2, -0.15) is 0 Å². The van der Waals surface area contributed by atoms with Gasteiger partial charge in [0.1, 0.15) is 47.1 Å². The maximum Gasteiger partial charge on any atom is 0.249 e. The van der Waals surface area contributed by atoms with Gasteiger partial charge in [-0.15, -0.1) is 0 Å². The Hall–Kier alpha value is -3.86. The summed E-state index contributed by atoms with van der Waals surface area (Å²) in [6.07, 6.45) is 1.70. The zero-order valence-electron chi connectivity index (χ0n) is 20.0. The van der Waals surface area contributed by atoms with Crippen molar-refractivity contribution in [3.8, 4) is 22.6 Å². The van der Waals surface area contributed by atoms with Crippen LogP contribution < -0.4 is 5.32 Å². The summed E-state index contributed by atoms with van der Waals surface area (Å²) < 4.78 is 30.1. The van der Waals surface area contributed by atoms with Crippen LogP contribution in [0.2, 0.25) is 0 Å². The fourth-order valence-corrected chi connectivity index (χ4v) is 5.15. The van der Waals surface area contributed by atoms with Crippen molar-refractivity contribution in [2.24, 2.45) is 0 Å². The Morgan fingerprint density at radius 3 is 2.50 bits per heavy atom. The number of carbonyl (C=O) groups is 1. The number of rotatable bonds is 4. The highest BCUT2D eigenvalue weighted by molar-refractivity contribution is 6.06. The second kappa shape index (κ2) is 8.09. The smallest absolute Gasteiger partial charge is 0.249 e. The first-order chi connectivity index (χ1) is 17.3. The first-order valence-corrected chi connectivity index (χ1v) is 11.8. The van der Waals surface area contributed by atoms with Gasteiger partial charge in [-0.3, -0.25) is 9.69 Å². The Kier molecular flexibility index (Phi) is 5.08. The molecule has 1 aromatic carbocycles. The molecular weight excluding hydrogens is 466 g/mol. The van der Waals surface area contributed by atoms with Crippen molar-refractivity contribution in [2.75, 3.05) is 18.4 Å². The molecule has 1 amide bonds. The molecule has 1 saturated heterocycles. The van der Waals surface area contributed by atoms with Gasteiger partial charge in [0.15, 0.2) is 5.65 Å². The van der Waals surface area contributed by atoms with Crippen LogP contribution in [0.3, 0.4) is 0 Å². The van der Waals surface area contributed by atoms with Crippen LogP contribution >= 0.6 is 0 Å². The standard InChI is InChI=1S/C25H24F2N8O/c1-4-35-22(15-8-28-13(2)29-9-15)33-21-20(30-12-31-23(21)35)14-5-6-19-16(7-14)25(3,24(36)32-19)34-10-17(26)18(27)11-34/h5-9,12,17-18H,4,10-11H2,1-3H3,(H,32,36)/t17-,18-,25+/m1/s1. The number of halogens is 2. The predicted octanol–water partition coefficient (Wildman–Crippen LogP) is 3.44. The molecule has 0 aliphatic carbocycles. The molecule has 9 nitrogen and oxygen atoms in total. The summed E-state index contributed by atoms with van der Waals surface area (Å²) in [5, 5.41) is 2.87. The lowest BCUT2D eigenvalue weighted by atomic mass is 9.90. The molecular formula is C25H24F2N8O. The average Bonchev–Trinajstić information content (AvgIpc) is 3.51. The second-order valence-corrected chi connectivity index (χ2v) is 9.32. The number of imidazole rings is 1. The van der Waals surface area contributed by atoms with Crippen molar-refractivity contribution in [1.82, 2.24) is 34.4 Å². The normalized spacial score (nSPS) is 23.9. The SMILES string of the molecule is CCn1c(-c2cnc(C)nc2)nc2c(-c3ccc4c(c3)[C@](C)(N3C[C@@H](F)[C@H](F)C3)C(=O)N4)ncnc21. The number of aromatic nitrogens is 6. The first kappa shape index (κ1) is 22.6. The molecule has 0 radical (unpaired) electrons. The van der Waals surface area contributed by atoms with Crippen LogP contribution in [0.5, 0.6) is 0 Å². The summed E-state index contributed by atoms with van der Waals surface area (Å²) in [5.41, 5.74) is 3.42. The number of aryl methyl sites for hydroxylation is 2. The molecule has 4 aromatic rings. The van der Waals surface area contributed by atoms with Crippen LogP contribution in [0.1, 0.15) is 25.2 Å². The van der Waals surface area contributed by atoms with Crippen molar-refractivity contribution < 1.29 is 13.6 Å². The van der Waals surface area contributed by atoms with Gasteiger partial charge in [-0.1, -0.05) is 6.07 Å². The van der Waals surface area contributed by atoms with E-state index in [-0.39, 0.29) is 19.0 Å².